The second-order valence-electron chi connectivity index (χ2n) is 10.1. The first-order valence-corrected chi connectivity index (χ1v) is 13.3. The highest BCUT2D eigenvalue weighted by Gasteiger charge is 2.29. The summed E-state index contributed by atoms with van der Waals surface area (Å²) >= 11 is 5.96. The SMILES string of the molecule is O=C(Nc1ccnc(Cl)c1)c1cnc2c(NC3CC3)cc(N[C@H]3CC[C@H](NC(=O)C4CNC4)CC3)nn12. The number of hydrogen-bond acceptors (Lipinski definition) is 8. The van der Waals surface area contributed by atoms with Gasteiger partial charge in [0.15, 0.2) is 11.3 Å². The van der Waals surface area contributed by atoms with E-state index in [2.05, 4.69) is 36.6 Å². The zero-order valence-electron chi connectivity index (χ0n) is 20.3. The van der Waals surface area contributed by atoms with Crippen LogP contribution < -0.4 is 26.6 Å². The lowest BCUT2D eigenvalue weighted by Gasteiger charge is -2.33. The van der Waals surface area contributed by atoms with Gasteiger partial charge in [0.1, 0.15) is 11.0 Å². The van der Waals surface area contributed by atoms with Crippen molar-refractivity contribution in [3.05, 3.63) is 41.4 Å². The van der Waals surface area contributed by atoms with Crippen LogP contribution in [0.5, 0.6) is 0 Å². The van der Waals surface area contributed by atoms with E-state index in [0.29, 0.717) is 34.0 Å². The third kappa shape index (κ3) is 5.47. The maximum Gasteiger partial charge on any atom is 0.276 e. The summed E-state index contributed by atoms with van der Waals surface area (Å²) in [6.07, 6.45) is 9.00. The van der Waals surface area contributed by atoms with Crippen molar-refractivity contribution in [3.8, 4) is 0 Å². The van der Waals surface area contributed by atoms with E-state index in [1.54, 1.807) is 16.6 Å². The van der Waals surface area contributed by atoms with Crippen molar-refractivity contribution < 1.29 is 9.59 Å². The minimum atomic E-state index is -0.338. The van der Waals surface area contributed by atoms with Crippen molar-refractivity contribution in [1.82, 2.24) is 30.2 Å². The maximum absolute atomic E-state index is 13.1. The summed E-state index contributed by atoms with van der Waals surface area (Å²) in [5.74, 6) is 0.622. The number of hydrogen-bond donors (Lipinski definition) is 5. The molecule has 3 aromatic heterocycles. The zero-order valence-corrected chi connectivity index (χ0v) is 21.1. The van der Waals surface area contributed by atoms with Crippen LogP contribution in [0.15, 0.2) is 30.6 Å². The number of imidazole rings is 1. The number of anilines is 3. The lowest BCUT2D eigenvalue weighted by molar-refractivity contribution is -0.127. The molecule has 3 aliphatic rings. The smallest absolute Gasteiger partial charge is 0.276 e. The maximum atomic E-state index is 13.1. The molecule has 0 aromatic carbocycles. The van der Waals surface area contributed by atoms with Crippen LogP contribution >= 0.6 is 11.6 Å². The lowest BCUT2D eigenvalue weighted by Crippen LogP contribution is -2.53. The molecule has 0 unspecified atom stereocenters. The predicted molar refractivity (Wildman–Crippen MR) is 141 cm³/mol. The summed E-state index contributed by atoms with van der Waals surface area (Å²) in [4.78, 5) is 33.8. The van der Waals surface area contributed by atoms with Gasteiger partial charge in [0, 0.05) is 49.2 Å². The molecule has 5 N–H and O–H groups in total. The second kappa shape index (κ2) is 10.1. The summed E-state index contributed by atoms with van der Waals surface area (Å²) in [5, 5.41) is 21.3. The Labute approximate surface area is 219 Å². The Kier molecular flexibility index (Phi) is 6.56. The van der Waals surface area contributed by atoms with Gasteiger partial charge >= 0.3 is 0 Å². The highest BCUT2D eigenvalue weighted by Crippen LogP contribution is 2.30. The van der Waals surface area contributed by atoms with Gasteiger partial charge in [0.25, 0.3) is 5.91 Å². The van der Waals surface area contributed by atoms with Crippen LogP contribution in [0.1, 0.15) is 49.0 Å². The van der Waals surface area contributed by atoms with E-state index in [-0.39, 0.29) is 29.8 Å². The predicted octanol–water partition coefficient (Wildman–Crippen LogP) is 2.66. The first-order valence-electron chi connectivity index (χ1n) is 12.9. The molecule has 1 saturated heterocycles. The molecule has 0 bridgehead atoms. The van der Waals surface area contributed by atoms with Gasteiger partial charge < -0.3 is 26.6 Å². The van der Waals surface area contributed by atoms with Gasteiger partial charge in [-0.15, -0.1) is 5.10 Å². The first kappa shape index (κ1) is 23.9. The molecule has 0 radical (unpaired) electrons. The average molecular weight is 524 g/mol. The number of fused-ring (bicyclic) bond motifs is 1. The van der Waals surface area contributed by atoms with Crippen LogP contribution in [0.2, 0.25) is 5.15 Å². The van der Waals surface area contributed by atoms with E-state index >= 15 is 0 Å². The van der Waals surface area contributed by atoms with Gasteiger partial charge in [0.2, 0.25) is 5.91 Å². The van der Waals surface area contributed by atoms with Crippen molar-refractivity contribution in [1.29, 1.82) is 0 Å². The summed E-state index contributed by atoms with van der Waals surface area (Å²) in [6.45, 7) is 1.55. The fourth-order valence-corrected chi connectivity index (χ4v) is 4.98. The van der Waals surface area contributed by atoms with Crippen LogP contribution in [0, 0.1) is 5.92 Å². The largest absolute Gasteiger partial charge is 0.379 e. The third-order valence-electron chi connectivity index (χ3n) is 7.20. The number of carbonyl (C=O) groups excluding carboxylic acids is 2. The van der Waals surface area contributed by atoms with Crippen molar-refractivity contribution in [3.63, 3.8) is 0 Å². The molecule has 11 nitrogen and oxygen atoms in total. The number of nitrogens with one attached hydrogen (secondary N) is 5. The molecular formula is C25H30ClN9O2. The minimum absolute atomic E-state index is 0.112. The standard InChI is InChI=1S/C25H30ClN9O2/c26-21-9-18(7-8-28-21)33-25(37)20-13-29-23-19(30-15-1-2-15)10-22(34-35(20)23)31-16-3-5-17(6-4-16)32-24(36)14-11-27-12-14/h7-10,13-17,27,30H,1-6,11-12H2,(H,31,34)(H,32,36)(H,28,33,37)/t16-,17-. The van der Waals surface area contributed by atoms with E-state index in [4.69, 9.17) is 16.7 Å². The number of halogens is 1. The monoisotopic (exact) mass is 523 g/mol. The fourth-order valence-electron chi connectivity index (χ4n) is 4.81. The number of pyridine rings is 1. The molecule has 3 aromatic rings. The molecule has 12 heteroatoms. The van der Waals surface area contributed by atoms with E-state index in [0.717, 1.165) is 57.3 Å². The fraction of sp³-hybridized carbons (Fsp3) is 0.480. The molecule has 37 heavy (non-hydrogen) atoms. The lowest BCUT2D eigenvalue weighted by atomic mass is 9.90. The topological polar surface area (TPSA) is 137 Å². The van der Waals surface area contributed by atoms with Gasteiger partial charge in [-0.2, -0.15) is 0 Å². The van der Waals surface area contributed by atoms with Crippen molar-refractivity contribution >= 4 is 46.3 Å². The highest BCUT2D eigenvalue weighted by molar-refractivity contribution is 6.29. The normalized spacial score (nSPS) is 21.8. The van der Waals surface area contributed by atoms with Gasteiger partial charge in [0.05, 0.1) is 17.8 Å². The first-order chi connectivity index (χ1) is 18.0. The van der Waals surface area contributed by atoms with Gasteiger partial charge in [-0.05, 0) is 50.7 Å². The van der Waals surface area contributed by atoms with Crippen molar-refractivity contribution in [2.45, 2.75) is 56.7 Å². The van der Waals surface area contributed by atoms with E-state index in [1.807, 2.05) is 6.07 Å². The summed E-state index contributed by atoms with van der Waals surface area (Å²) in [7, 11) is 0. The van der Waals surface area contributed by atoms with Crippen molar-refractivity contribution in [2.24, 2.45) is 5.92 Å². The van der Waals surface area contributed by atoms with Crippen LogP contribution in [0.3, 0.4) is 0 Å². The third-order valence-corrected chi connectivity index (χ3v) is 7.41. The second-order valence-corrected chi connectivity index (χ2v) is 10.5. The summed E-state index contributed by atoms with van der Waals surface area (Å²) < 4.78 is 1.59. The Bertz CT molecular complexity index is 1310. The molecule has 1 aliphatic heterocycles. The Balaban J connectivity index is 1.17. The van der Waals surface area contributed by atoms with E-state index in [9.17, 15) is 9.59 Å². The Morgan fingerprint density at radius 1 is 0.973 bits per heavy atom. The minimum Gasteiger partial charge on any atom is -0.379 e. The summed E-state index contributed by atoms with van der Waals surface area (Å²) in [6, 6.07) is 6.11. The highest BCUT2D eigenvalue weighted by atomic mass is 35.5. The van der Waals surface area contributed by atoms with E-state index in [1.165, 1.54) is 12.4 Å². The molecule has 0 spiro atoms. The molecular weight excluding hydrogens is 494 g/mol. The van der Waals surface area contributed by atoms with Crippen molar-refractivity contribution in [2.75, 3.05) is 29.0 Å². The molecule has 2 saturated carbocycles. The molecule has 194 valence electrons. The Morgan fingerprint density at radius 3 is 2.41 bits per heavy atom. The quantitative estimate of drug-likeness (QED) is 0.284. The molecule has 2 aliphatic carbocycles. The number of aromatic nitrogens is 4. The number of rotatable bonds is 8. The van der Waals surface area contributed by atoms with Crippen LogP contribution in [0.4, 0.5) is 17.2 Å². The Hall–Kier alpha value is -3.44. The molecule has 4 heterocycles. The number of amides is 2. The summed E-state index contributed by atoms with van der Waals surface area (Å²) in [5.41, 5.74) is 2.32. The van der Waals surface area contributed by atoms with E-state index < -0.39 is 0 Å². The van der Waals surface area contributed by atoms with Gasteiger partial charge in [-0.1, -0.05) is 11.6 Å². The number of nitrogens with zero attached hydrogens (tertiary/aromatic N) is 4. The molecule has 2 amide bonds. The molecule has 3 fully saturated rings. The van der Waals surface area contributed by atoms with Gasteiger partial charge in [-0.25, -0.2) is 14.5 Å². The van der Waals surface area contributed by atoms with Crippen LogP contribution in [-0.4, -0.2) is 62.6 Å². The number of carbonyl (C=O) groups is 2. The Morgan fingerprint density at radius 2 is 1.70 bits per heavy atom. The van der Waals surface area contributed by atoms with Crippen LogP contribution in [-0.2, 0) is 4.79 Å². The molecule has 0 atom stereocenters. The average Bonchev–Trinajstić information content (AvgIpc) is 3.54. The zero-order chi connectivity index (χ0) is 25.4. The van der Waals surface area contributed by atoms with Crippen LogP contribution in [0.25, 0.3) is 5.65 Å². The van der Waals surface area contributed by atoms with Gasteiger partial charge in [-0.3, -0.25) is 9.59 Å². The molecule has 6 rings (SSSR count).